The van der Waals surface area contributed by atoms with Crippen LogP contribution in [0.4, 0.5) is 13.2 Å². The van der Waals surface area contributed by atoms with Gasteiger partial charge in [-0.25, -0.2) is 0 Å². The summed E-state index contributed by atoms with van der Waals surface area (Å²) in [6.45, 7) is 1.87. The fourth-order valence-corrected chi connectivity index (χ4v) is 1.95. The van der Waals surface area contributed by atoms with E-state index in [9.17, 15) is 18.0 Å². The molecule has 14 heavy (non-hydrogen) atoms. The van der Waals surface area contributed by atoms with Crippen molar-refractivity contribution >= 4 is 5.91 Å². The number of halogens is 3. The van der Waals surface area contributed by atoms with Crippen LogP contribution in [0.2, 0.25) is 0 Å². The average Bonchev–Trinajstić information content (AvgIpc) is 2.51. The summed E-state index contributed by atoms with van der Waals surface area (Å²) >= 11 is 0. The van der Waals surface area contributed by atoms with Gasteiger partial charge in [-0.3, -0.25) is 4.79 Å². The van der Waals surface area contributed by atoms with E-state index in [4.69, 9.17) is 0 Å². The first kappa shape index (κ1) is 11.3. The number of carbonyl (C=O) groups is 1. The molecule has 0 aromatic rings. The highest BCUT2D eigenvalue weighted by molar-refractivity contribution is 5.83. The Balaban J connectivity index is 2.87. The molecule has 82 valence electrons. The number of amides is 1. The third-order valence-electron chi connectivity index (χ3n) is 2.77. The summed E-state index contributed by atoms with van der Waals surface area (Å²) in [5, 5.41) is 2.28. The maximum absolute atomic E-state index is 12.7. The molecule has 0 bridgehead atoms. The molecule has 0 saturated heterocycles. The van der Waals surface area contributed by atoms with Gasteiger partial charge in [0.25, 0.3) is 0 Å². The van der Waals surface area contributed by atoms with Crippen LogP contribution >= 0.6 is 0 Å². The predicted molar refractivity (Wildman–Crippen MR) is 45.6 cm³/mol. The van der Waals surface area contributed by atoms with Crippen molar-refractivity contribution in [2.24, 2.45) is 5.41 Å². The number of rotatable bonds is 2. The molecule has 0 atom stereocenters. The molecule has 0 heterocycles. The molecule has 1 fully saturated rings. The molecule has 0 aliphatic heterocycles. The lowest BCUT2D eigenvalue weighted by Crippen LogP contribution is -2.49. The van der Waals surface area contributed by atoms with Gasteiger partial charge in [0.05, 0.1) is 0 Å². The Morgan fingerprint density at radius 3 is 2.21 bits per heavy atom. The zero-order chi connectivity index (χ0) is 10.8. The summed E-state index contributed by atoms with van der Waals surface area (Å²) in [4.78, 5) is 11.4. The van der Waals surface area contributed by atoms with E-state index in [-0.39, 0.29) is 19.4 Å². The van der Waals surface area contributed by atoms with Crippen molar-refractivity contribution in [3.05, 3.63) is 0 Å². The number of hydrogen-bond acceptors (Lipinski definition) is 1. The van der Waals surface area contributed by atoms with E-state index in [1.165, 1.54) is 0 Å². The topological polar surface area (TPSA) is 29.1 Å². The predicted octanol–water partition coefficient (Wildman–Crippen LogP) is 2.25. The third-order valence-corrected chi connectivity index (χ3v) is 2.77. The molecule has 1 rings (SSSR count). The molecule has 0 aromatic carbocycles. The summed E-state index contributed by atoms with van der Waals surface area (Å²) in [6.07, 6.45) is -3.58. The Labute approximate surface area is 80.9 Å². The highest BCUT2D eigenvalue weighted by atomic mass is 19.4. The van der Waals surface area contributed by atoms with Crippen molar-refractivity contribution in [3.8, 4) is 0 Å². The molecule has 0 spiro atoms. The molecule has 0 aromatic heterocycles. The van der Waals surface area contributed by atoms with Crippen LogP contribution < -0.4 is 5.32 Å². The second kappa shape index (κ2) is 3.79. The van der Waals surface area contributed by atoms with Crippen molar-refractivity contribution < 1.29 is 18.0 Å². The van der Waals surface area contributed by atoms with Gasteiger partial charge in [0.2, 0.25) is 5.91 Å². The molecule has 2 nitrogen and oxygen atoms in total. The van der Waals surface area contributed by atoms with E-state index in [0.717, 1.165) is 0 Å². The van der Waals surface area contributed by atoms with Crippen LogP contribution in [0.5, 0.6) is 0 Å². The second-order valence-corrected chi connectivity index (χ2v) is 3.65. The van der Waals surface area contributed by atoms with Crippen LogP contribution in [0.3, 0.4) is 0 Å². The van der Waals surface area contributed by atoms with E-state index >= 15 is 0 Å². The normalized spacial score (nSPS) is 20.9. The number of alkyl halides is 3. The van der Waals surface area contributed by atoms with Gasteiger partial charge in [0, 0.05) is 6.54 Å². The van der Waals surface area contributed by atoms with Crippen molar-refractivity contribution in [2.45, 2.75) is 38.8 Å². The van der Waals surface area contributed by atoms with Gasteiger partial charge in [-0.2, -0.15) is 13.2 Å². The van der Waals surface area contributed by atoms with E-state index in [2.05, 4.69) is 5.32 Å². The highest BCUT2D eigenvalue weighted by Crippen LogP contribution is 2.50. The van der Waals surface area contributed by atoms with E-state index < -0.39 is 17.5 Å². The number of carbonyl (C=O) groups excluding carboxylic acids is 1. The summed E-state index contributed by atoms with van der Waals surface area (Å²) < 4.78 is 38.2. The summed E-state index contributed by atoms with van der Waals surface area (Å²) in [5.41, 5.74) is -2.11. The molecule has 1 aliphatic carbocycles. The minimum atomic E-state index is -4.41. The zero-order valence-electron chi connectivity index (χ0n) is 8.08. The molecular formula is C9H14F3NO. The molecule has 5 heteroatoms. The first-order valence-electron chi connectivity index (χ1n) is 4.79. The fraction of sp³-hybridized carbons (Fsp3) is 0.889. The Kier molecular flexibility index (Phi) is 3.07. The van der Waals surface area contributed by atoms with E-state index in [1.54, 1.807) is 6.92 Å². The molecule has 0 radical (unpaired) electrons. The summed E-state index contributed by atoms with van der Waals surface area (Å²) in [5.74, 6) is -0.856. The fourth-order valence-electron chi connectivity index (χ4n) is 1.95. The monoisotopic (exact) mass is 209 g/mol. The molecule has 1 saturated carbocycles. The molecule has 1 amide bonds. The SMILES string of the molecule is CCNC(=O)C1(C(F)(F)F)CCCC1. The zero-order valence-corrected chi connectivity index (χ0v) is 8.08. The average molecular weight is 209 g/mol. The molecule has 0 unspecified atom stereocenters. The summed E-state index contributed by atoms with van der Waals surface area (Å²) in [7, 11) is 0. The Morgan fingerprint density at radius 2 is 1.86 bits per heavy atom. The first-order chi connectivity index (χ1) is 6.44. The van der Waals surface area contributed by atoms with E-state index in [1.807, 2.05) is 0 Å². The van der Waals surface area contributed by atoms with Gasteiger partial charge in [-0.1, -0.05) is 12.8 Å². The lowest BCUT2D eigenvalue weighted by molar-refractivity contribution is -0.220. The van der Waals surface area contributed by atoms with Crippen LogP contribution in [0.1, 0.15) is 32.6 Å². The van der Waals surface area contributed by atoms with Gasteiger partial charge >= 0.3 is 6.18 Å². The maximum Gasteiger partial charge on any atom is 0.403 e. The largest absolute Gasteiger partial charge is 0.403 e. The van der Waals surface area contributed by atoms with Crippen molar-refractivity contribution in [3.63, 3.8) is 0 Å². The first-order valence-corrected chi connectivity index (χ1v) is 4.79. The van der Waals surface area contributed by atoms with Gasteiger partial charge in [-0.05, 0) is 19.8 Å². The van der Waals surface area contributed by atoms with Crippen molar-refractivity contribution in [1.82, 2.24) is 5.32 Å². The van der Waals surface area contributed by atoms with Gasteiger partial charge in [0.15, 0.2) is 0 Å². The minimum Gasteiger partial charge on any atom is -0.356 e. The lowest BCUT2D eigenvalue weighted by atomic mass is 9.84. The third kappa shape index (κ3) is 1.72. The van der Waals surface area contributed by atoms with Gasteiger partial charge in [0.1, 0.15) is 5.41 Å². The Morgan fingerprint density at radius 1 is 1.36 bits per heavy atom. The Bertz CT molecular complexity index is 219. The van der Waals surface area contributed by atoms with Crippen LogP contribution in [0, 0.1) is 5.41 Å². The highest BCUT2D eigenvalue weighted by Gasteiger charge is 2.60. The molecule has 1 aliphatic rings. The number of hydrogen-bond donors (Lipinski definition) is 1. The molecule has 1 N–H and O–H groups in total. The smallest absolute Gasteiger partial charge is 0.356 e. The quantitative estimate of drug-likeness (QED) is 0.742. The van der Waals surface area contributed by atoms with Crippen molar-refractivity contribution in [1.29, 1.82) is 0 Å². The van der Waals surface area contributed by atoms with Crippen LogP contribution in [0.25, 0.3) is 0 Å². The second-order valence-electron chi connectivity index (χ2n) is 3.65. The number of nitrogens with one attached hydrogen (secondary N) is 1. The maximum atomic E-state index is 12.7. The molecular weight excluding hydrogens is 195 g/mol. The minimum absolute atomic E-state index is 0.0671. The van der Waals surface area contributed by atoms with Crippen LogP contribution in [-0.2, 0) is 4.79 Å². The Hall–Kier alpha value is -0.740. The summed E-state index contributed by atoms with van der Waals surface area (Å²) in [6, 6.07) is 0. The van der Waals surface area contributed by atoms with Crippen LogP contribution in [0.15, 0.2) is 0 Å². The van der Waals surface area contributed by atoms with Gasteiger partial charge < -0.3 is 5.32 Å². The van der Waals surface area contributed by atoms with Gasteiger partial charge in [-0.15, -0.1) is 0 Å². The van der Waals surface area contributed by atoms with Crippen molar-refractivity contribution in [2.75, 3.05) is 6.54 Å². The van der Waals surface area contributed by atoms with E-state index in [0.29, 0.717) is 12.8 Å². The standard InChI is InChI=1S/C9H14F3NO/c1-2-13-7(14)8(9(10,11)12)5-3-4-6-8/h2-6H2,1H3,(H,13,14). The van der Waals surface area contributed by atoms with Crippen LogP contribution in [-0.4, -0.2) is 18.6 Å². The lowest BCUT2D eigenvalue weighted by Gasteiger charge is -2.29.